The lowest BCUT2D eigenvalue weighted by Crippen LogP contribution is -2.42. The van der Waals surface area contributed by atoms with Crippen molar-refractivity contribution >= 4 is 11.9 Å². The van der Waals surface area contributed by atoms with Crippen molar-refractivity contribution in [1.82, 2.24) is 24.6 Å². The van der Waals surface area contributed by atoms with Crippen LogP contribution in [0.4, 0.5) is 5.95 Å². The van der Waals surface area contributed by atoms with E-state index in [1.165, 1.54) is 0 Å². The molecule has 4 rings (SSSR count). The number of aromatic nitrogens is 4. The number of carbonyl (C=O) groups excluding carboxylic acids is 1. The molecule has 1 aliphatic heterocycles. The van der Waals surface area contributed by atoms with Gasteiger partial charge in [-0.25, -0.2) is 14.6 Å². The molecule has 3 aromatic rings. The highest BCUT2D eigenvalue weighted by Crippen LogP contribution is 2.18. The molecule has 7 nitrogen and oxygen atoms in total. The van der Waals surface area contributed by atoms with Gasteiger partial charge in [-0.2, -0.15) is 5.10 Å². The largest absolute Gasteiger partial charge is 0.351 e. The fourth-order valence-electron chi connectivity index (χ4n) is 3.60. The Morgan fingerprint density at radius 3 is 2.36 bits per heavy atom. The Morgan fingerprint density at radius 2 is 1.75 bits per heavy atom. The third kappa shape index (κ3) is 3.88. The molecule has 0 unspecified atom stereocenters. The second-order valence-corrected chi connectivity index (χ2v) is 7.17. The number of anilines is 1. The number of likely N-dealkylation sites (tertiary alicyclic amines) is 1. The summed E-state index contributed by atoms with van der Waals surface area (Å²) >= 11 is 0. The average Bonchev–Trinajstić information content (AvgIpc) is 3.07. The van der Waals surface area contributed by atoms with Gasteiger partial charge < -0.3 is 10.2 Å². The fraction of sp³-hybridized carbons (Fsp3) is 0.333. The summed E-state index contributed by atoms with van der Waals surface area (Å²) in [5.74, 6) is 0.723. The molecule has 28 heavy (non-hydrogen) atoms. The van der Waals surface area contributed by atoms with Crippen molar-refractivity contribution in [1.29, 1.82) is 0 Å². The van der Waals surface area contributed by atoms with Crippen LogP contribution in [0.3, 0.4) is 0 Å². The van der Waals surface area contributed by atoms with E-state index in [1.807, 2.05) is 53.8 Å². The maximum atomic E-state index is 12.8. The molecular weight excluding hydrogens is 352 g/mol. The Morgan fingerprint density at radius 1 is 1.07 bits per heavy atom. The summed E-state index contributed by atoms with van der Waals surface area (Å²) in [6.07, 6.45) is 5.22. The molecule has 7 heteroatoms. The van der Waals surface area contributed by atoms with E-state index in [2.05, 4.69) is 20.4 Å². The van der Waals surface area contributed by atoms with Gasteiger partial charge in [-0.3, -0.25) is 4.79 Å². The van der Waals surface area contributed by atoms with Crippen molar-refractivity contribution < 1.29 is 4.79 Å². The van der Waals surface area contributed by atoms with E-state index in [1.54, 1.807) is 18.5 Å². The van der Waals surface area contributed by atoms with Gasteiger partial charge in [-0.1, -0.05) is 0 Å². The van der Waals surface area contributed by atoms with E-state index in [0.717, 1.165) is 43.0 Å². The molecule has 0 atom stereocenters. The minimum atomic E-state index is 0.0781. The predicted molar refractivity (Wildman–Crippen MR) is 108 cm³/mol. The summed E-state index contributed by atoms with van der Waals surface area (Å²) in [5.41, 5.74) is 3.74. The molecule has 2 aromatic heterocycles. The first-order chi connectivity index (χ1) is 13.6. The van der Waals surface area contributed by atoms with Crippen LogP contribution >= 0.6 is 0 Å². The lowest BCUT2D eigenvalue weighted by atomic mass is 10.0. The Kier molecular flexibility index (Phi) is 5.06. The van der Waals surface area contributed by atoms with Crippen molar-refractivity contribution in [2.45, 2.75) is 32.7 Å². The summed E-state index contributed by atoms with van der Waals surface area (Å²) < 4.78 is 1.90. The van der Waals surface area contributed by atoms with E-state index in [0.29, 0.717) is 17.6 Å². The van der Waals surface area contributed by atoms with Gasteiger partial charge >= 0.3 is 0 Å². The van der Waals surface area contributed by atoms with Gasteiger partial charge in [0.1, 0.15) is 0 Å². The van der Waals surface area contributed by atoms with E-state index < -0.39 is 0 Å². The number of hydrogen-bond donors (Lipinski definition) is 1. The van der Waals surface area contributed by atoms with Gasteiger partial charge in [0.15, 0.2) is 0 Å². The standard InChI is InChI=1S/C21H24N6O/c1-15-14-16(2)27(25-15)19-6-4-17(5-7-19)20(28)26-12-8-18(9-13-26)24-21-22-10-3-11-23-21/h3-7,10-11,14,18H,8-9,12-13H2,1-2H3,(H,22,23,24). The van der Waals surface area contributed by atoms with E-state index in [4.69, 9.17) is 0 Å². The molecule has 1 fully saturated rings. The van der Waals surface area contributed by atoms with Crippen molar-refractivity contribution in [3.63, 3.8) is 0 Å². The number of nitrogens with zero attached hydrogens (tertiary/aromatic N) is 5. The van der Waals surface area contributed by atoms with E-state index in [-0.39, 0.29) is 5.91 Å². The zero-order chi connectivity index (χ0) is 19.5. The third-order valence-electron chi connectivity index (χ3n) is 5.05. The lowest BCUT2D eigenvalue weighted by molar-refractivity contribution is 0.0718. The molecule has 1 saturated heterocycles. The summed E-state index contributed by atoms with van der Waals surface area (Å²) in [5, 5.41) is 7.83. The van der Waals surface area contributed by atoms with Gasteiger partial charge in [-0.05, 0) is 63.1 Å². The topological polar surface area (TPSA) is 75.9 Å². The third-order valence-corrected chi connectivity index (χ3v) is 5.05. The zero-order valence-corrected chi connectivity index (χ0v) is 16.2. The molecule has 0 aliphatic carbocycles. The zero-order valence-electron chi connectivity index (χ0n) is 16.2. The highest BCUT2D eigenvalue weighted by molar-refractivity contribution is 5.94. The van der Waals surface area contributed by atoms with Gasteiger partial charge in [0.2, 0.25) is 5.95 Å². The number of carbonyl (C=O) groups is 1. The second kappa shape index (κ2) is 7.80. The van der Waals surface area contributed by atoms with Crippen LogP contribution in [-0.2, 0) is 0 Å². The van der Waals surface area contributed by atoms with Crippen LogP contribution in [0.5, 0.6) is 0 Å². The quantitative estimate of drug-likeness (QED) is 0.758. The van der Waals surface area contributed by atoms with Crippen LogP contribution in [0.15, 0.2) is 48.8 Å². The molecule has 1 N–H and O–H groups in total. The van der Waals surface area contributed by atoms with Gasteiger partial charge in [0, 0.05) is 42.8 Å². The van der Waals surface area contributed by atoms with Crippen molar-refractivity contribution in [2.75, 3.05) is 18.4 Å². The first-order valence-electron chi connectivity index (χ1n) is 9.57. The number of piperidine rings is 1. The molecule has 0 bridgehead atoms. The van der Waals surface area contributed by atoms with Crippen molar-refractivity contribution in [3.8, 4) is 5.69 Å². The van der Waals surface area contributed by atoms with Crippen LogP contribution in [0.1, 0.15) is 34.6 Å². The summed E-state index contributed by atoms with van der Waals surface area (Å²) in [7, 11) is 0. The van der Waals surface area contributed by atoms with Gasteiger partial charge in [0.05, 0.1) is 11.4 Å². The summed E-state index contributed by atoms with van der Waals surface area (Å²) in [4.78, 5) is 23.2. The average molecular weight is 376 g/mol. The SMILES string of the molecule is Cc1cc(C)n(-c2ccc(C(=O)N3CCC(Nc4ncccn4)CC3)cc2)n1. The first-order valence-corrected chi connectivity index (χ1v) is 9.57. The highest BCUT2D eigenvalue weighted by atomic mass is 16.2. The number of nitrogens with one attached hydrogen (secondary N) is 1. The number of aryl methyl sites for hydroxylation is 2. The Balaban J connectivity index is 1.37. The summed E-state index contributed by atoms with van der Waals surface area (Å²) in [6.45, 7) is 5.45. The van der Waals surface area contributed by atoms with Crippen molar-refractivity contribution in [2.24, 2.45) is 0 Å². The van der Waals surface area contributed by atoms with Crippen LogP contribution in [0.2, 0.25) is 0 Å². The number of amides is 1. The van der Waals surface area contributed by atoms with E-state index in [9.17, 15) is 4.79 Å². The Labute approximate surface area is 164 Å². The molecule has 0 spiro atoms. The van der Waals surface area contributed by atoms with Crippen molar-refractivity contribution in [3.05, 3.63) is 65.7 Å². The molecule has 0 saturated carbocycles. The minimum absolute atomic E-state index is 0.0781. The molecule has 1 amide bonds. The van der Waals surface area contributed by atoms with Gasteiger partial charge in [0.25, 0.3) is 5.91 Å². The Bertz CT molecular complexity index is 943. The van der Waals surface area contributed by atoms with Gasteiger partial charge in [-0.15, -0.1) is 0 Å². The second-order valence-electron chi connectivity index (χ2n) is 7.17. The van der Waals surface area contributed by atoms with E-state index >= 15 is 0 Å². The molecule has 0 radical (unpaired) electrons. The smallest absolute Gasteiger partial charge is 0.253 e. The predicted octanol–water partition coefficient (Wildman–Crippen LogP) is 3.00. The number of rotatable bonds is 4. The fourth-order valence-corrected chi connectivity index (χ4v) is 3.60. The Hall–Kier alpha value is -3.22. The first kappa shape index (κ1) is 18.2. The monoisotopic (exact) mass is 376 g/mol. The molecule has 1 aromatic carbocycles. The molecule has 1 aliphatic rings. The maximum Gasteiger partial charge on any atom is 0.253 e. The highest BCUT2D eigenvalue weighted by Gasteiger charge is 2.24. The number of benzene rings is 1. The summed E-state index contributed by atoms with van der Waals surface area (Å²) in [6, 6.07) is 11.8. The number of hydrogen-bond acceptors (Lipinski definition) is 5. The normalized spacial score (nSPS) is 14.9. The molecule has 3 heterocycles. The lowest BCUT2D eigenvalue weighted by Gasteiger charge is -2.32. The molecule has 144 valence electrons. The van der Waals surface area contributed by atoms with Crippen LogP contribution in [0.25, 0.3) is 5.69 Å². The van der Waals surface area contributed by atoms with Crippen LogP contribution < -0.4 is 5.32 Å². The maximum absolute atomic E-state index is 12.8. The molecular formula is C21H24N6O. The van der Waals surface area contributed by atoms with Crippen LogP contribution in [-0.4, -0.2) is 49.7 Å². The minimum Gasteiger partial charge on any atom is -0.351 e. The van der Waals surface area contributed by atoms with Crippen LogP contribution in [0, 0.1) is 13.8 Å².